The predicted octanol–water partition coefficient (Wildman–Crippen LogP) is 4.70. The van der Waals surface area contributed by atoms with Gasteiger partial charge in [-0.1, -0.05) is 56.0 Å². The Balaban J connectivity index is 1.99. The van der Waals surface area contributed by atoms with Crippen molar-refractivity contribution in [2.24, 2.45) is 5.92 Å². The van der Waals surface area contributed by atoms with Gasteiger partial charge in [0.15, 0.2) is 10.4 Å². The highest BCUT2D eigenvalue weighted by Crippen LogP contribution is 2.27. The molecule has 0 aliphatic carbocycles. The van der Waals surface area contributed by atoms with E-state index in [4.69, 9.17) is 4.74 Å². The monoisotopic (exact) mass is 379 g/mol. The number of hydrogen-bond donors (Lipinski definition) is 1. The molecule has 0 bridgehead atoms. The molecule has 0 aliphatic heterocycles. The van der Waals surface area contributed by atoms with Crippen LogP contribution in [0.3, 0.4) is 0 Å². The molecular weight excluding hydrogens is 354 g/mol. The summed E-state index contributed by atoms with van der Waals surface area (Å²) in [4.78, 5) is 12.5. The average molecular weight is 380 g/mol. The van der Waals surface area contributed by atoms with Gasteiger partial charge in [-0.05, 0) is 43.4 Å². The van der Waals surface area contributed by atoms with Crippen LogP contribution < -0.4 is 10.1 Å². The molecule has 1 amide bonds. The first kappa shape index (κ1) is 19.7. The molecule has 0 saturated carbocycles. The lowest BCUT2D eigenvalue weighted by Gasteiger charge is -2.18. The molecule has 1 aromatic carbocycles. The highest BCUT2D eigenvalue weighted by atomic mass is 32.2. The normalized spacial score (nSPS) is 12.2. The first-order valence-electron chi connectivity index (χ1n) is 8.40. The summed E-state index contributed by atoms with van der Waals surface area (Å²) in [5, 5.41) is 11.5. The first-order valence-corrected chi connectivity index (χ1v) is 10.2. The Hall–Kier alpha value is -1.60. The second kappa shape index (κ2) is 9.20. The van der Waals surface area contributed by atoms with Crippen LogP contribution in [0.4, 0.5) is 5.13 Å². The van der Waals surface area contributed by atoms with Crippen molar-refractivity contribution >= 4 is 34.1 Å². The van der Waals surface area contributed by atoms with Gasteiger partial charge in [-0.25, -0.2) is 0 Å². The number of hydrogen-bond acceptors (Lipinski definition) is 6. The van der Waals surface area contributed by atoms with Gasteiger partial charge in [0, 0.05) is 5.75 Å². The van der Waals surface area contributed by atoms with Gasteiger partial charge in [0.1, 0.15) is 5.75 Å². The number of nitrogens with one attached hydrogen (secondary N) is 1. The summed E-state index contributed by atoms with van der Waals surface area (Å²) in [5.41, 5.74) is 2.12. The van der Waals surface area contributed by atoms with E-state index in [-0.39, 0.29) is 5.91 Å². The molecule has 136 valence electrons. The number of benzene rings is 1. The minimum Gasteiger partial charge on any atom is -0.480 e. The topological polar surface area (TPSA) is 64.1 Å². The molecule has 0 radical (unpaired) electrons. The molecule has 0 fully saturated rings. The van der Waals surface area contributed by atoms with Gasteiger partial charge in [0.05, 0.1) is 0 Å². The standard InChI is InChI=1S/C18H25N3O2S2/c1-6-14(23-15-9-12(4)7-8-13(15)5)16(22)19-17-20-21-18(25-17)24-10-11(2)3/h7-9,11,14H,6,10H2,1-5H3,(H,19,20,22)/t14-/m0/s1. The van der Waals surface area contributed by atoms with E-state index in [1.54, 1.807) is 11.8 Å². The van der Waals surface area contributed by atoms with Crippen LogP contribution in [0.15, 0.2) is 22.5 Å². The van der Waals surface area contributed by atoms with Gasteiger partial charge in [-0.3, -0.25) is 10.1 Å². The second-order valence-electron chi connectivity index (χ2n) is 6.35. The van der Waals surface area contributed by atoms with Gasteiger partial charge in [0.2, 0.25) is 5.13 Å². The third-order valence-corrected chi connectivity index (χ3v) is 5.85. The Labute approximate surface area is 157 Å². The van der Waals surface area contributed by atoms with Crippen LogP contribution in [0.1, 0.15) is 38.3 Å². The Morgan fingerprint density at radius 3 is 2.76 bits per heavy atom. The van der Waals surface area contributed by atoms with Crippen LogP contribution in [0, 0.1) is 19.8 Å². The number of anilines is 1. The summed E-state index contributed by atoms with van der Waals surface area (Å²) in [5.74, 6) is 2.12. The zero-order valence-corrected chi connectivity index (χ0v) is 17.0. The van der Waals surface area contributed by atoms with E-state index in [1.165, 1.54) is 11.3 Å². The van der Waals surface area contributed by atoms with Crippen molar-refractivity contribution in [1.82, 2.24) is 10.2 Å². The lowest BCUT2D eigenvalue weighted by molar-refractivity contribution is -0.122. The van der Waals surface area contributed by atoms with E-state index >= 15 is 0 Å². The number of aromatic nitrogens is 2. The van der Waals surface area contributed by atoms with Crippen molar-refractivity contribution in [2.45, 2.75) is 51.5 Å². The summed E-state index contributed by atoms with van der Waals surface area (Å²) < 4.78 is 6.80. The maximum atomic E-state index is 12.5. The zero-order chi connectivity index (χ0) is 18.4. The second-order valence-corrected chi connectivity index (χ2v) is 8.60. The SMILES string of the molecule is CC[C@H](Oc1cc(C)ccc1C)C(=O)Nc1nnc(SCC(C)C)s1. The number of thioether (sulfide) groups is 1. The van der Waals surface area contributed by atoms with Crippen LogP contribution in [0.25, 0.3) is 0 Å². The van der Waals surface area contributed by atoms with E-state index in [9.17, 15) is 4.79 Å². The number of ether oxygens (including phenoxy) is 1. The highest BCUT2D eigenvalue weighted by molar-refractivity contribution is 8.01. The van der Waals surface area contributed by atoms with E-state index in [2.05, 4.69) is 29.4 Å². The van der Waals surface area contributed by atoms with E-state index in [1.807, 2.05) is 39.0 Å². The maximum Gasteiger partial charge on any atom is 0.267 e. The minimum atomic E-state index is -0.559. The van der Waals surface area contributed by atoms with Crippen LogP contribution in [0.2, 0.25) is 0 Å². The molecular formula is C18H25N3O2S2. The molecule has 5 nitrogen and oxygen atoms in total. The largest absolute Gasteiger partial charge is 0.480 e. The molecule has 1 atom stereocenters. The van der Waals surface area contributed by atoms with Gasteiger partial charge in [-0.15, -0.1) is 10.2 Å². The Kier molecular flexibility index (Phi) is 7.25. The molecule has 0 saturated heterocycles. The smallest absolute Gasteiger partial charge is 0.267 e. The zero-order valence-electron chi connectivity index (χ0n) is 15.3. The van der Waals surface area contributed by atoms with Crippen molar-refractivity contribution in [3.05, 3.63) is 29.3 Å². The summed E-state index contributed by atoms with van der Waals surface area (Å²) in [7, 11) is 0. The van der Waals surface area contributed by atoms with E-state index in [0.717, 1.165) is 27.0 Å². The fourth-order valence-corrected chi connectivity index (χ4v) is 3.78. The quantitative estimate of drug-likeness (QED) is 0.532. The molecule has 0 unspecified atom stereocenters. The first-order chi connectivity index (χ1) is 11.9. The Bertz CT molecular complexity index is 716. The average Bonchev–Trinajstić information content (AvgIpc) is 3.01. The molecule has 1 aromatic heterocycles. The summed E-state index contributed by atoms with van der Waals surface area (Å²) in [6, 6.07) is 5.98. The molecule has 1 heterocycles. The van der Waals surface area contributed by atoms with Crippen molar-refractivity contribution in [3.63, 3.8) is 0 Å². The van der Waals surface area contributed by atoms with Gasteiger partial charge in [-0.2, -0.15) is 0 Å². The molecule has 0 spiro atoms. The molecule has 1 N–H and O–H groups in total. The number of aryl methyl sites for hydroxylation is 2. The van der Waals surface area contributed by atoms with Crippen molar-refractivity contribution in [1.29, 1.82) is 0 Å². The molecule has 25 heavy (non-hydrogen) atoms. The van der Waals surface area contributed by atoms with E-state index < -0.39 is 6.10 Å². The Morgan fingerprint density at radius 2 is 2.08 bits per heavy atom. The number of amides is 1. The van der Waals surface area contributed by atoms with Crippen LogP contribution in [-0.4, -0.2) is 28.0 Å². The number of rotatable bonds is 8. The van der Waals surface area contributed by atoms with Crippen molar-refractivity contribution < 1.29 is 9.53 Å². The van der Waals surface area contributed by atoms with Crippen molar-refractivity contribution in [3.8, 4) is 5.75 Å². The van der Waals surface area contributed by atoms with Crippen molar-refractivity contribution in [2.75, 3.05) is 11.1 Å². The fourth-order valence-electron chi connectivity index (χ4n) is 2.05. The summed E-state index contributed by atoms with van der Waals surface area (Å²) in [6.45, 7) is 10.2. The van der Waals surface area contributed by atoms with Crippen LogP contribution >= 0.6 is 23.1 Å². The van der Waals surface area contributed by atoms with Gasteiger partial charge >= 0.3 is 0 Å². The van der Waals surface area contributed by atoms with Crippen LogP contribution in [0.5, 0.6) is 5.75 Å². The number of nitrogens with zero attached hydrogens (tertiary/aromatic N) is 2. The Morgan fingerprint density at radius 1 is 1.32 bits per heavy atom. The van der Waals surface area contributed by atoms with Gasteiger partial charge in [0.25, 0.3) is 5.91 Å². The maximum absolute atomic E-state index is 12.5. The third kappa shape index (κ3) is 6.01. The molecule has 7 heteroatoms. The third-order valence-electron chi connectivity index (χ3n) is 3.45. The molecule has 2 aromatic rings. The number of carbonyl (C=O) groups is 1. The predicted molar refractivity (Wildman–Crippen MR) is 105 cm³/mol. The van der Waals surface area contributed by atoms with Crippen LogP contribution in [-0.2, 0) is 4.79 Å². The molecule has 0 aliphatic rings. The fraction of sp³-hybridized carbons (Fsp3) is 0.500. The lowest BCUT2D eigenvalue weighted by Crippen LogP contribution is -2.32. The van der Waals surface area contributed by atoms with Gasteiger partial charge < -0.3 is 4.74 Å². The summed E-state index contributed by atoms with van der Waals surface area (Å²) >= 11 is 3.06. The lowest BCUT2D eigenvalue weighted by atomic mass is 10.1. The summed E-state index contributed by atoms with van der Waals surface area (Å²) in [6.07, 6.45) is 0.0173. The van der Waals surface area contributed by atoms with E-state index in [0.29, 0.717) is 17.5 Å². The molecule has 2 rings (SSSR count). The highest BCUT2D eigenvalue weighted by Gasteiger charge is 2.21. The minimum absolute atomic E-state index is 0.194. The number of carbonyl (C=O) groups excluding carboxylic acids is 1.